The summed E-state index contributed by atoms with van der Waals surface area (Å²) >= 11 is 0. The van der Waals surface area contributed by atoms with Crippen LogP contribution in [0.3, 0.4) is 0 Å². The summed E-state index contributed by atoms with van der Waals surface area (Å²) in [6.07, 6.45) is 3.09. The van der Waals surface area contributed by atoms with E-state index in [-0.39, 0.29) is 0 Å². The molecule has 6 heteroatoms. The molecule has 0 fully saturated rings. The van der Waals surface area contributed by atoms with Crippen LogP contribution >= 0.6 is 0 Å². The largest absolute Gasteiger partial charge is 0.371 e. The van der Waals surface area contributed by atoms with Crippen molar-refractivity contribution < 1.29 is 0 Å². The van der Waals surface area contributed by atoms with Crippen LogP contribution in [-0.2, 0) is 0 Å². The number of rotatable bonds is 2. The number of hydrogen-bond donors (Lipinski definition) is 2. The number of nitrogens with zero attached hydrogens (tertiary/aromatic N) is 4. The standard InChI is InChI=1S/C11H10N6/c1-12-11-10(17-16-6-15-11)7-2-3-8-9(4-7)14-5-13-8/h2-6H,1H3,(H,13,14)(H,12,15,16). The van der Waals surface area contributed by atoms with Crippen molar-refractivity contribution in [2.24, 2.45) is 0 Å². The highest BCUT2D eigenvalue weighted by atomic mass is 15.2. The number of nitrogens with one attached hydrogen (secondary N) is 2. The van der Waals surface area contributed by atoms with Gasteiger partial charge in [0.05, 0.1) is 17.4 Å². The molecular formula is C11H10N6. The van der Waals surface area contributed by atoms with Gasteiger partial charge in [-0.15, -0.1) is 10.2 Å². The SMILES string of the molecule is CNc1ncnnc1-c1ccc2nc[nH]c2c1. The van der Waals surface area contributed by atoms with Gasteiger partial charge in [-0.25, -0.2) is 9.97 Å². The number of H-pyrrole nitrogens is 1. The first-order valence-electron chi connectivity index (χ1n) is 5.17. The highest BCUT2D eigenvalue weighted by Crippen LogP contribution is 2.24. The molecule has 0 atom stereocenters. The van der Waals surface area contributed by atoms with Crippen molar-refractivity contribution in [1.82, 2.24) is 25.1 Å². The van der Waals surface area contributed by atoms with E-state index in [0.29, 0.717) is 5.82 Å². The molecule has 2 N–H and O–H groups in total. The Kier molecular flexibility index (Phi) is 2.18. The predicted molar refractivity (Wildman–Crippen MR) is 64.5 cm³/mol. The number of imidazole rings is 1. The maximum atomic E-state index is 4.17. The number of anilines is 1. The molecule has 0 spiro atoms. The second kappa shape index (κ2) is 3.82. The minimum atomic E-state index is 0.707. The maximum Gasteiger partial charge on any atom is 0.156 e. The monoisotopic (exact) mass is 226 g/mol. The number of fused-ring (bicyclic) bond motifs is 1. The topological polar surface area (TPSA) is 79.4 Å². The van der Waals surface area contributed by atoms with Gasteiger partial charge in [0.1, 0.15) is 12.0 Å². The van der Waals surface area contributed by atoms with Crippen molar-refractivity contribution >= 4 is 16.9 Å². The first-order valence-corrected chi connectivity index (χ1v) is 5.17. The lowest BCUT2D eigenvalue weighted by molar-refractivity contribution is 0.978. The van der Waals surface area contributed by atoms with E-state index in [0.717, 1.165) is 22.3 Å². The van der Waals surface area contributed by atoms with E-state index in [1.54, 1.807) is 6.33 Å². The Morgan fingerprint density at radius 2 is 2.18 bits per heavy atom. The Morgan fingerprint density at radius 1 is 1.24 bits per heavy atom. The lowest BCUT2D eigenvalue weighted by atomic mass is 10.1. The minimum absolute atomic E-state index is 0.707. The van der Waals surface area contributed by atoms with Gasteiger partial charge in [0.2, 0.25) is 0 Å². The van der Waals surface area contributed by atoms with Gasteiger partial charge < -0.3 is 10.3 Å². The van der Waals surface area contributed by atoms with Crippen molar-refractivity contribution in [1.29, 1.82) is 0 Å². The van der Waals surface area contributed by atoms with Crippen molar-refractivity contribution in [2.75, 3.05) is 12.4 Å². The highest BCUT2D eigenvalue weighted by Gasteiger charge is 2.08. The number of aromatic amines is 1. The Bertz CT molecular complexity index is 660. The molecule has 0 aliphatic carbocycles. The third kappa shape index (κ3) is 1.59. The highest BCUT2D eigenvalue weighted by molar-refractivity contribution is 5.83. The summed E-state index contributed by atoms with van der Waals surface area (Å²) in [5, 5.41) is 10.9. The van der Waals surface area contributed by atoms with Crippen LogP contribution in [0.25, 0.3) is 22.3 Å². The first kappa shape index (κ1) is 9.71. The third-order valence-corrected chi connectivity index (χ3v) is 2.55. The smallest absolute Gasteiger partial charge is 0.156 e. The summed E-state index contributed by atoms with van der Waals surface area (Å²) < 4.78 is 0. The molecule has 3 rings (SSSR count). The zero-order chi connectivity index (χ0) is 11.7. The second-order valence-corrected chi connectivity index (χ2v) is 3.54. The quantitative estimate of drug-likeness (QED) is 0.691. The van der Waals surface area contributed by atoms with Gasteiger partial charge in [0, 0.05) is 12.6 Å². The number of hydrogen-bond acceptors (Lipinski definition) is 5. The van der Waals surface area contributed by atoms with Gasteiger partial charge in [-0.1, -0.05) is 6.07 Å². The van der Waals surface area contributed by atoms with Crippen LogP contribution in [-0.4, -0.2) is 32.2 Å². The summed E-state index contributed by atoms with van der Waals surface area (Å²) in [7, 11) is 1.81. The van der Waals surface area contributed by atoms with E-state index in [1.807, 2.05) is 25.2 Å². The summed E-state index contributed by atoms with van der Waals surface area (Å²) in [5.74, 6) is 0.707. The van der Waals surface area contributed by atoms with E-state index in [2.05, 4.69) is 30.5 Å². The van der Waals surface area contributed by atoms with E-state index < -0.39 is 0 Å². The van der Waals surface area contributed by atoms with E-state index >= 15 is 0 Å². The average Bonchev–Trinajstić information content (AvgIpc) is 2.85. The van der Waals surface area contributed by atoms with Crippen LogP contribution in [0.15, 0.2) is 30.9 Å². The molecule has 0 radical (unpaired) electrons. The average molecular weight is 226 g/mol. The zero-order valence-electron chi connectivity index (χ0n) is 9.18. The molecule has 84 valence electrons. The predicted octanol–water partition coefficient (Wildman–Crippen LogP) is 1.46. The molecular weight excluding hydrogens is 216 g/mol. The molecule has 2 heterocycles. The first-order chi connectivity index (χ1) is 8.38. The fourth-order valence-electron chi connectivity index (χ4n) is 1.74. The molecule has 0 unspecified atom stereocenters. The van der Waals surface area contributed by atoms with Crippen LogP contribution in [0.2, 0.25) is 0 Å². The molecule has 0 amide bonds. The second-order valence-electron chi connectivity index (χ2n) is 3.54. The summed E-state index contributed by atoms with van der Waals surface area (Å²) in [6.45, 7) is 0. The molecule has 17 heavy (non-hydrogen) atoms. The lowest BCUT2D eigenvalue weighted by Crippen LogP contribution is -1.99. The third-order valence-electron chi connectivity index (χ3n) is 2.55. The molecule has 0 saturated heterocycles. The van der Waals surface area contributed by atoms with Gasteiger partial charge in [-0.05, 0) is 12.1 Å². The molecule has 0 aliphatic heterocycles. The fourth-order valence-corrected chi connectivity index (χ4v) is 1.74. The summed E-state index contributed by atoms with van der Waals surface area (Å²) in [5.41, 5.74) is 3.57. The molecule has 1 aromatic carbocycles. The van der Waals surface area contributed by atoms with Crippen molar-refractivity contribution in [3.8, 4) is 11.3 Å². The lowest BCUT2D eigenvalue weighted by Gasteiger charge is -2.05. The van der Waals surface area contributed by atoms with Crippen LogP contribution in [0.4, 0.5) is 5.82 Å². The molecule has 3 aromatic rings. The van der Waals surface area contributed by atoms with Crippen molar-refractivity contribution in [3.05, 3.63) is 30.9 Å². The van der Waals surface area contributed by atoms with Crippen LogP contribution < -0.4 is 5.32 Å². The Hall–Kier alpha value is -2.50. The number of benzene rings is 1. The molecule has 6 nitrogen and oxygen atoms in total. The molecule has 2 aromatic heterocycles. The van der Waals surface area contributed by atoms with Gasteiger partial charge in [0.15, 0.2) is 5.82 Å². The van der Waals surface area contributed by atoms with Gasteiger partial charge in [-0.2, -0.15) is 0 Å². The Labute approximate surface area is 97.1 Å². The van der Waals surface area contributed by atoms with Crippen LogP contribution in [0, 0.1) is 0 Å². The Balaban J connectivity index is 2.19. The van der Waals surface area contributed by atoms with Crippen molar-refractivity contribution in [3.63, 3.8) is 0 Å². The van der Waals surface area contributed by atoms with E-state index in [4.69, 9.17) is 0 Å². The Morgan fingerprint density at radius 3 is 3.06 bits per heavy atom. The summed E-state index contributed by atoms with van der Waals surface area (Å²) in [4.78, 5) is 11.4. The normalized spacial score (nSPS) is 10.6. The number of aromatic nitrogens is 5. The van der Waals surface area contributed by atoms with Gasteiger partial charge in [-0.3, -0.25) is 0 Å². The maximum absolute atomic E-state index is 4.17. The zero-order valence-corrected chi connectivity index (χ0v) is 9.18. The fraction of sp³-hybridized carbons (Fsp3) is 0.0909. The summed E-state index contributed by atoms with van der Waals surface area (Å²) in [6, 6.07) is 5.87. The molecule has 0 bridgehead atoms. The van der Waals surface area contributed by atoms with E-state index in [9.17, 15) is 0 Å². The van der Waals surface area contributed by atoms with E-state index in [1.165, 1.54) is 6.33 Å². The van der Waals surface area contributed by atoms with Crippen LogP contribution in [0.5, 0.6) is 0 Å². The minimum Gasteiger partial charge on any atom is -0.371 e. The van der Waals surface area contributed by atoms with Crippen LogP contribution in [0.1, 0.15) is 0 Å². The van der Waals surface area contributed by atoms with Gasteiger partial charge >= 0.3 is 0 Å². The molecule has 0 aliphatic rings. The van der Waals surface area contributed by atoms with Crippen molar-refractivity contribution in [2.45, 2.75) is 0 Å². The molecule has 0 saturated carbocycles. The van der Waals surface area contributed by atoms with Gasteiger partial charge in [0.25, 0.3) is 0 Å².